The van der Waals surface area contributed by atoms with Crippen molar-refractivity contribution in [2.24, 2.45) is 35.5 Å². The molecule has 1 rings (SSSR count). The maximum absolute atomic E-state index is 15.4. The Labute approximate surface area is 574 Å². The summed E-state index contributed by atoms with van der Waals surface area (Å²) in [6, 6.07) is -12.8. The Morgan fingerprint density at radius 2 is 1.04 bits per heavy atom. The van der Waals surface area contributed by atoms with Crippen LogP contribution in [0.1, 0.15) is 169 Å². The third-order valence-corrected chi connectivity index (χ3v) is 19.4. The number of amides is 11. The molecule has 546 valence electrons. The van der Waals surface area contributed by atoms with E-state index in [9.17, 15) is 24.3 Å². The van der Waals surface area contributed by atoms with Crippen LogP contribution >= 0.6 is 11.8 Å². The largest absolute Gasteiger partial charge is 0.390 e. The molecule has 5 N–H and O–H groups in total. The third-order valence-electron chi connectivity index (χ3n) is 18.1. The summed E-state index contributed by atoms with van der Waals surface area (Å²) in [7, 11) is 15.3. The summed E-state index contributed by atoms with van der Waals surface area (Å²) in [6.07, 6.45) is 3.77. The first-order valence-electron chi connectivity index (χ1n) is 34.1. The van der Waals surface area contributed by atoms with Crippen LogP contribution in [0.25, 0.3) is 0 Å². The minimum absolute atomic E-state index is 0.0119. The number of carbonyl (C=O) groups excluding carboxylic acids is 11. The second-order valence-corrected chi connectivity index (χ2v) is 30.2. The zero-order chi connectivity index (χ0) is 73.6. The van der Waals surface area contributed by atoms with Crippen molar-refractivity contribution in [3.05, 3.63) is 12.2 Å². The Kier molecular flexibility index (Phi) is 36.8. The van der Waals surface area contributed by atoms with E-state index >= 15 is 33.6 Å². The number of thioether (sulfide) groups is 1. The van der Waals surface area contributed by atoms with Crippen molar-refractivity contribution < 1.29 is 62.6 Å². The molecule has 0 aliphatic carbocycles. The lowest BCUT2D eigenvalue weighted by atomic mass is 9.91. The van der Waals surface area contributed by atoms with Gasteiger partial charge in [-0.15, -0.1) is 11.8 Å². The van der Waals surface area contributed by atoms with Gasteiger partial charge in [0.2, 0.25) is 59.1 Å². The number of methoxy groups -OCH3 is 1. The van der Waals surface area contributed by atoms with Crippen LogP contribution < -0.4 is 21.3 Å². The van der Waals surface area contributed by atoms with Gasteiger partial charge < -0.3 is 70.3 Å². The van der Waals surface area contributed by atoms with Crippen molar-refractivity contribution >= 4 is 76.7 Å². The lowest BCUT2D eigenvalue weighted by Gasteiger charge is -2.41. The van der Waals surface area contributed by atoms with E-state index in [0.717, 1.165) is 16.7 Å². The van der Waals surface area contributed by atoms with Gasteiger partial charge in [0.1, 0.15) is 60.4 Å². The molecule has 0 unspecified atom stereocenters. The summed E-state index contributed by atoms with van der Waals surface area (Å²) in [5.74, 6) is -9.32. The molecule has 1 saturated heterocycles. The first kappa shape index (κ1) is 87.2. The quantitative estimate of drug-likeness (QED) is 0.0740. The number of rotatable bonds is 22. The van der Waals surface area contributed by atoms with Crippen molar-refractivity contribution in [1.29, 1.82) is 0 Å². The number of likely N-dealkylation sites (N-methyl/N-ethyl adjacent to an activating group) is 7. The number of nitrogens with one attached hydrogen (secondary N) is 4. The topological polar surface area (TPSA) is 291 Å². The maximum Gasteiger partial charge on any atom is 0.256 e. The molecule has 0 spiro atoms. The van der Waals surface area contributed by atoms with Crippen LogP contribution in [-0.2, 0) is 57.5 Å². The summed E-state index contributed by atoms with van der Waals surface area (Å²) in [5.41, 5.74) is -1.04. The highest BCUT2D eigenvalue weighted by molar-refractivity contribution is 8.00. The normalized spacial score (nSPS) is 26.3. The monoisotopic (exact) mass is 1360 g/mol. The molecule has 1 fully saturated rings. The van der Waals surface area contributed by atoms with E-state index in [1.54, 1.807) is 68.4 Å². The van der Waals surface area contributed by atoms with Gasteiger partial charge in [0.25, 0.3) is 5.91 Å². The molecule has 0 aromatic heterocycles. The van der Waals surface area contributed by atoms with Gasteiger partial charge in [-0.05, 0) is 141 Å². The van der Waals surface area contributed by atoms with Gasteiger partial charge in [0, 0.05) is 62.9 Å². The summed E-state index contributed by atoms with van der Waals surface area (Å²) < 4.78 is 5.84. The molecule has 13 atom stereocenters. The molecule has 0 aromatic carbocycles. The molecule has 0 aromatic rings. The van der Waals surface area contributed by atoms with Crippen LogP contribution in [-0.4, -0.2) is 270 Å². The fraction of sp³-hybridized carbons (Fsp3) is 0.812. The van der Waals surface area contributed by atoms with E-state index in [4.69, 9.17) is 4.74 Å². The smallest absolute Gasteiger partial charge is 0.256 e. The second kappa shape index (κ2) is 40.1. The van der Waals surface area contributed by atoms with Gasteiger partial charge in [-0.3, -0.25) is 52.7 Å². The number of carbonyl (C=O) groups is 11. The molecule has 0 saturated carbocycles. The van der Waals surface area contributed by atoms with Crippen molar-refractivity contribution in [3.8, 4) is 0 Å². The Bertz CT molecular complexity index is 2580. The molecule has 1 aliphatic rings. The number of nitrogens with zero attached hydrogens (tertiary/aromatic N) is 8. The second-order valence-electron chi connectivity index (χ2n) is 29.1. The lowest BCUT2D eigenvalue weighted by Crippen LogP contribution is -2.64. The minimum Gasteiger partial charge on any atom is -0.390 e. The minimum atomic E-state index is -1.65. The Hall–Kier alpha value is -5.86. The van der Waals surface area contributed by atoms with Gasteiger partial charge >= 0.3 is 0 Å². The summed E-state index contributed by atoms with van der Waals surface area (Å²) >= 11 is 1.16. The molecular formula is C69H126N12O13S. The SMILES string of the molecule is C/C=C/C[C@@H](C)[C@@H](O)[C@H]1C(=O)N[C@H](CC)C(=O)N(C)[C@H](SCCCN(C)C)C(=O)N(C)[C@@H](CC(C)(C)OC)C(=O)N[C@H](C(C)C)C(=O)N(C)[C@H](CCC(C)C)C(=O)N[C@H](C)C(=O)N[C@@H](C)C(=O)N(C)[C@@H](CC(C)C)C(=O)N(C)[C@H](CC(C)C)C(=O)N(C)[C@H](C(C)C)C(=O)N1C. The fourth-order valence-electron chi connectivity index (χ4n) is 11.6. The predicted molar refractivity (Wildman–Crippen MR) is 374 cm³/mol. The van der Waals surface area contributed by atoms with E-state index in [1.807, 2.05) is 66.6 Å². The van der Waals surface area contributed by atoms with Crippen molar-refractivity contribution in [2.45, 2.75) is 247 Å². The molecule has 1 heterocycles. The van der Waals surface area contributed by atoms with Gasteiger partial charge in [-0.1, -0.05) is 95.2 Å². The highest BCUT2D eigenvalue weighted by atomic mass is 32.2. The summed E-state index contributed by atoms with van der Waals surface area (Å²) in [6.45, 7) is 30.5. The summed E-state index contributed by atoms with van der Waals surface area (Å²) in [5, 5.41) is 22.2. The van der Waals surface area contributed by atoms with Crippen LogP contribution in [0.4, 0.5) is 0 Å². The zero-order valence-corrected chi connectivity index (χ0v) is 63.8. The average Bonchev–Trinajstić information content (AvgIpc) is 0.814. The molecule has 26 heteroatoms. The number of hydrogen-bond acceptors (Lipinski definition) is 15. The van der Waals surface area contributed by atoms with E-state index in [0.29, 0.717) is 31.6 Å². The number of hydrogen-bond donors (Lipinski definition) is 5. The molecular weight excluding hydrogens is 1240 g/mol. The number of aliphatic hydroxyl groups excluding tert-OH is 1. The van der Waals surface area contributed by atoms with Crippen LogP contribution in [0.5, 0.6) is 0 Å². The molecule has 0 bridgehead atoms. The van der Waals surface area contributed by atoms with E-state index in [-0.39, 0.29) is 49.9 Å². The van der Waals surface area contributed by atoms with Crippen LogP contribution in [0.2, 0.25) is 0 Å². The van der Waals surface area contributed by atoms with Gasteiger partial charge in [0.05, 0.1) is 11.7 Å². The van der Waals surface area contributed by atoms with E-state index in [2.05, 4.69) is 21.3 Å². The number of ether oxygens (including phenoxy) is 1. The van der Waals surface area contributed by atoms with Crippen molar-refractivity contribution in [1.82, 2.24) is 60.5 Å². The predicted octanol–water partition coefficient (Wildman–Crippen LogP) is 4.44. The molecule has 95 heavy (non-hydrogen) atoms. The number of aliphatic hydroxyl groups is 1. The Morgan fingerprint density at radius 1 is 0.558 bits per heavy atom. The first-order chi connectivity index (χ1) is 43.9. The first-order valence-corrected chi connectivity index (χ1v) is 35.1. The maximum atomic E-state index is 15.4. The highest BCUT2D eigenvalue weighted by Gasteiger charge is 2.47. The molecule has 1 aliphatic heterocycles. The highest BCUT2D eigenvalue weighted by Crippen LogP contribution is 2.28. The van der Waals surface area contributed by atoms with Crippen LogP contribution in [0, 0.1) is 35.5 Å². The van der Waals surface area contributed by atoms with E-state index < -0.39 is 160 Å². The van der Waals surface area contributed by atoms with Gasteiger partial charge in [-0.2, -0.15) is 0 Å². The van der Waals surface area contributed by atoms with Gasteiger partial charge in [-0.25, -0.2) is 0 Å². The fourth-order valence-corrected chi connectivity index (χ4v) is 12.8. The molecule has 25 nitrogen and oxygen atoms in total. The van der Waals surface area contributed by atoms with Crippen molar-refractivity contribution in [3.63, 3.8) is 0 Å². The van der Waals surface area contributed by atoms with Crippen LogP contribution in [0.15, 0.2) is 12.2 Å². The standard InChI is InChI=1S/C69H126N12O13S/c1-28-30-32-45(13)56(82)55-60(86)72-48(29-2)62(88)81(26)68(95-36-31-35-74(18)19)67(93)78(23)52(39-69(16,17)94-27)59(85)73-53(43(9)10)65(91)75(20)49(34-33-40(3)4)58(84)70-46(14)57(83)71-47(15)61(87)76(21)50(37-41(5)6)63(89)77(22)51(38-42(7)8)64(90)79(24)54(44(11)12)66(92)80(55)25/h28,30,40-56,68,82H,29,31-39H2,1-27H3,(H,70,84)(H,71,83)(H,72,86)(H,73,85)/b30-28+/t45-,46-,47+,48-,49-,50+,51-,52+,53-,54-,55+,56-,68-/m1/s1. The third kappa shape index (κ3) is 25.5. The zero-order valence-electron chi connectivity index (χ0n) is 63.0. The molecule has 11 amide bonds. The van der Waals surface area contributed by atoms with E-state index in [1.165, 1.54) is 99.7 Å². The van der Waals surface area contributed by atoms with Crippen molar-refractivity contribution in [2.75, 3.05) is 82.8 Å². The lowest BCUT2D eigenvalue weighted by molar-refractivity contribution is -0.157. The Balaban J connectivity index is 4.61. The van der Waals surface area contributed by atoms with Gasteiger partial charge in [0.15, 0.2) is 5.37 Å². The number of allylic oxidation sites excluding steroid dienone is 2. The Morgan fingerprint density at radius 3 is 1.52 bits per heavy atom. The average molecular weight is 1360 g/mol. The molecule has 0 radical (unpaired) electrons. The van der Waals surface area contributed by atoms with Crippen LogP contribution in [0.3, 0.4) is 0 Å². The summed E-state index contributed by atoms with van der Waals surface area (Å²) in [4.78, 5) is 175.